The highest BCUT2D eigenvalue weighted by Gasteiger charge is 2.03. The standard InChI is InChI=1S/C12H8BBrO/c13-7-12(15)10-2-1-9-6-11(14)4-3-8(9)5-10/h1-6H,7H2. The van der Waals surface area contributed by atoms with Gasteiger partial charge in [0.15, 0.2) is 5.78 Å². The van der Waals surface area contributed by atoms with E-state index in [-0.39, 0.29) is 12.1 Å². The Morgan fingerprint density at radius 1 is 1.13 bits per heavy atom. The number of hydrogen-bond donors (Lipinski definition) is 0. The molecule has 2 radical (unpaired) electrons. The number of hydrogen-bond acceptors (Lipinski definition) is 1. The van der Waals surface area contributed by atoms with Crippen LogP contribution in [0.4, 0.5) is 0 Å². The van der Waals surface area contributed by atoms with E-state index in [0.717, 1.165) is 15.2 Å². The Kier molecular flexibility index (Phi) is 2.92. The third kappa shape index (κ3) is 2.12. The van der Waals surface area contributed by atoms with E-state index >= 15 is 0 Å². The van der Waals surface area contributed by atoms with Gasteiger partial charge in [-0.3, -0.25) is 4.79 Å². The molecular formula is C12H8BBrO. The SMILES string of the molecule is [B]CC(=O)c1ccc2cc(Br)ccc2c1. The maximum Gasteiger partial charge on any atom is 0.154 e. The van der Waals surface area contributed by atoms with Crippen molar-refractivity contribution in [1.82, 2.24) is 0 Å². The molecule has 0 spiro atoms. The molecule has 0 fully saturated rings. The molecule has 15 heavy (non-hydrogen) atoms. The van der Waals surface area contributed by atoms with E-state index in [1.54, 1.807) is 0 Å². The highest BCUT2D eigenvalue weighted by Crippen LogP contribution is 2.21. The van der Waals surface area contributed by atoms with Gasteiger partial charge in [-0.25, -0.2) is 0 Å². The average molecular weight is 259 g/mol. The van der Waals surface area contributed by atoms with Crippen LogP contribution >= 0.6 is 15.9 Å². The number of halogens is 1. The fraction of sp³-hybridized carbons (Fsp3) is 0.0833. The Labute approximate surface area is 98.0 Å². The first-order valence-electron chi connectivity index (χ1n) is 4.63. The summed E-state index contributed by atoms with van der Waals surface area (Å²) >= 11 is 3.41. The third-order valence-electron chi connectivity index (χ3n) is 2.31. The Hall–Kier alpha value is -1.09. The number of ketones is 1. The molecule has 0 N–H and O–H groups in total. The van der Waals surface area contributed by atoms with Crippen molar-refractivity contribution in [3.05, 3.63) is 46.4 Å². The van der Waals surface area contributed by atoms with Gasteiger partial charge >= 0.3 is 0 Å². The predicted octanol–water partition coefficient (Wildman–Crippen LogP) is 3.37. The van der Waals surface area contributed by atoms with E-state index in [2.05, 4.69) is 15.9 Å². The van der Waals surface area contributed by atoms with Gasteiger partial charge in [0.2, 0.25) is 0 Å². The van der Waals surface area contributed by atoms with E-state index in [4.69, 9.17) is 7.85 Å². The van der Waals surface area contributed by atoms with Crippen LogP contribution < -0.4 is 0 Å². The molecule has 2 aromatic carbocycles. The molecule has 1 nitrogen and oxygen atoms in total. The number of carbonyl (C=O) groups is 1. The van der Waals surface area contributed by atoms with Gasteiger partial charge in [0, 0.05) is 10.0 Å². The fourth-order valence-electron chi connectivity index (χ4n) is 1.51. The summed E-state index contributed by atoms with van der Waals surface area (Å²) in [5.41, 5.74) is 0.673. The second-order valence-electron chi connectivity index (χ2n) is 3.33. The Bertz CT molecular complexity index is 522. The minimum atomic E-state index is -0.0279. The van der Waals surface area contributed by atoms with Crippen LogP contribution in [0.25, 0.3) is 10.8 Å². The van der Waals surface area contributed by atoms with Gasteiger partial charge in [-0.2, -0.15) is 0 Å². The first-order valence-corrected chi connectivity index (χ1v) is 5.42. The molecule has 0 saturated heterocycles. The molecule has 2 rings (SSSR count). The monoisotopic (exact) mass is 258 g/mol. The summed E-state index contributed by atoms with van der Waals surface area (Å²) in [6, 6.07) is 11.6. The molecule has 0 amide bonds. The minimum Gasteiger partial charge on any atom is -0.295 e. The van der Waals surface area contributed by atoms with E-state index < -0.39 is 0 Å². The van der Waals surface area contributed by atoms with Crippen LogP contribution in [-0.2, 0) is 0 Å². The number of fused-ring (bicyclic) bond motifs is 1. The zero-order valence-corrected chi connectivity index (χ0v) is 9.62. The highest BCUT2D eigenvalue weighted by atomic mass is 79.9. The molecule has 0 atom stereocenters. The molecule has 0 unspecified atom stereocenters. The van der Waals surface area contributed by atoms with Gasteiger partial charge in [0.05, 0.1) is 7.85 Å². The summed E-state index contributed by atoms with van der Waals surface area (Å²) in [4.78, 5) is 11.4. The minimum absolute atomic E-state index is 0.0279. The smallest absolute Gasteiger partial charge is 0.154 e. The number of carbonyl (C=O) groups excluding carboxylic acids is 1. The van der Waals surface area contributed by atoms with Crippen molar-refractivity contribution in [3.63, 3.8) is 0 Å². The quantitative estimate of drug-likeness (QED) is 0.596. The molecule has 0 aliphatic heterocycles. The van der Waals surface area contributed by atoms with E-state index in [0.29, 0.717) is 5.56 Å². The predicted molar refractivity (Wildman–Crippen MR) is 66.5 cm³/mol. The first kappa shape index (κ1) is 10.4. The molecule has 2 aromatic rings. The normalized spacial score (nSPS) is 10.5. The van der Waals surface area contributed by atoms with Gasteiger partial charge in [-0.05, 0) is 35.3 Å². The van der Waals surface area contributed by atoms with Gasteiger partial charge in [-0.15, -0.1) is 0 Å². The second-order valence-corrected chi connectivity index (χ2v) is 4.25. The van der Waals surface area contributed by atoms with Crippen LogP contribution in [0.3, 0.4) is 0 Å². The zero-order chi connectivity index (χ0) is 10.8. The Morgan fingerprint density at radius 2 is 1.80 bits per heavy atom. The van der Waals surface area contributed by atoms with Crippen LogP contribution in [-0.4, -0.2) is 13.6 Å². The van der Waals surface area contributed by atoms with E-state index in [1.165, 1.54) is 0 Å². The Morgan fingerprint density at radius 3 is 2.53 bits per heavy atom. The first-order chi connectivity index (χ1) is 7.20. The lowest BCUT2D eigenvalue weighted by Crippen LogP contribution is -1.96. The molecule has 72 valence electrons. The lowest BCUT2D eigenvalue weighted by atomic mass is 9.94. The second kappa shape index (κ2) is 4.19. The van der Waals surface area contributed by atoms with Crippen LogP contribution in [0.15, 0.2) is 40.9 Å². The van der Waals surface area contributed by atoms with Crippen molar-refractivity contribution >= 4 is 40.3 Å². The maximum absolute atomic E-state index is 11.4. The van der Waals surface area contributed by atoms with Gasteiger partial charge < -0.3 is 0 Å². The average Bonchev–Trinajstić information content (AvgIpc) is 2.27. The van der Waals surface area contributed by atoms with Crippen LogP contribution in [0, 0.1) is 0 Å². The lowest BCUT2D eigenvalue weighted by Gasteiger charge is -2.02. The molecule has 0 aliphatic rings. The summed E-state index contributed by atoms with van der Waals surface area (Å²) in [6.07, 6.45) is 0.0576. The molecule has 0 heterocycles. The van der Waals surface area contributed by atoms with Gasteiger partial charge in [0.25, 0.3) is 0 Å². The summed E-state index contributed by atoms with van der Waals surface area (Å²) in [5.74, 6) is -0.0279. The van der Waals surface area contributed by atoms with Crippen molar-refractivity contribution < 1.29 is 4.79 Å². The summed E-state index contributed by atoms with van der Waals surface area (Å²) in [6.45, 7) is 0. The molecule has 3 heteroatoms. The van der Waals surface area contributed by atoms with Crippen molar-refractivity contribution in [1.29, 1.82) is 0 Å². The van der Waals surface area contributed by atoms with E-state index in [1.807, 2.05) is 36.4 Å². The Balaban J connectivity index is 2.57. The van der Waals surface area contributed by atoms with E-state index in [9.17, 15) is 4.79 Å². The van der Waals surface area contributed by atoms with Crippen molar-refractivity contribution in [3.8, 4) is 0 Å². The third-order valence-corrected chi connectivity index (χ3v) is 2.80. The topological polar surface area (TPSA) is 17.1 Å². The number of rotatable bonds is 2. The lowest BCUT2D eigenvalue weighted by molar-refractivity contribution is 0.101. The zero-order valence-electron chi connectivity index (χ0n) is 8.03. The van der Waals surface area contributed by atoms with Crippen LogP contribution in [0.1, 0.15) is 10.4 Å². The van der Waals surface area contributed by atoms with Crippen molar-refractivity contribution in [2.45, 2.75) is 6.32 Å². The van der Waals surface area contributed by atoms with Gasteiger partial charge in [0.1, 0.15) is 0 Å². The number of benzene rings is 2. The molecule has 0 saturated carbocycles. The highest BCUT2D eigenvalue weighted by molar-refractivity contribution is 9.10. The van der Waals surface area contributed by atoms with Crippen LogP contribution in [0.2, 0.25) is 6.32 Å². The molecular weight excluding hydrogens is 251 g/mol. The summed E-state index contributed by atoms with van der Waals surface area (Å²) in [7, 11) is 5.32. The summed E-state index contributed by atoms with van der Waals surface area (Å²) in [5, 5.41) is 2.16. The summed E-state index contributed by atoms with van der Waals surface area (Å²) < 4.78 is 1.04. The fourth-order valence-corrected chi connectivity index (χ4v) is 1.89. The van der Waals surface area contributed by atoms with Crippen LogP contribution in [0.5, 0.6) is 0 Å². The van der Waals surface area contributed by atoms with Crippen molar-refractivity contribution in [2.75, 3.05) is 0 Å². The molecule has 0 aromatic heterocycles. The molecule has 0 aliphatic carbocycles. The molecule has 0 bridgehead atoms. The van der Waals surface area contributed by atoms with Crippen molar-refractivity contribution in [2.24, 2.45) is 0 Å². The largest absolute Gasteiger partial charge is 0.295 e. The maximum atomic E-state index is 11.4. The van der Waals surface area contributed by atoms with Gasteiger partial charge in [-0.1, -0.05) is 34.1 Å². The number of Topliss-reactive ketones (excluding diaryl/α,β-unsaturated/α-hetero) is 1.